The Morgan fingerprint density at radius 3 is 3.00 bits per heavy atom. The summed E-state index contributed by atoms with van der Waals surface area (Å²) >= 11 is 0. The summed E-state index contributed by atoms with van der Waals surface area (Å²) in [5.41, 5.74) is 5.25. The molecule has 3 nitrogen and oxygen atoms in total. The lowest BCUT2D eigenvalue weighted by Gasteiger charge is -2.14. The van der Waals surface area contributed by atoms with Crippen molar-refractivity contribution in [3.05, 3.63) is 0 Å². The van der Waals surface area contributed by atoms with Crippen LogP contribution in [0.4, 0.5) is 0 Å². The number of aliphatic imine (C=N–C) groups is 1. The van der Waals surface area contributed by atoms with Crippen molar-refractivity contribution in [2.45, 2.75) is 19.4 Å². The molecule has 46 valence electrons. The lowest BCUT2D eigenvalue weighted by molar-refractivity contribution is 0.260. The highest BCUT2D eigenvalue weighted by Gasteiger charge is 2.06. The third kappa shape index (κ3) is 1.12. The van der Waals surface area contributed by atoms with E-state index in [9.17, 15) is 0 Å². The second kappa shape index (κ2) is 2.03. The second-order valence-corrected chi connectivity index (χ2v) is 1.95. The maximum Gasteiger partial charge on any atom is 0.282 e. The zero-order valence-corrected chi connectivity index (χ0v) is 4.92. The number of nitrogens with zero attached hydrogens (tertiary/aromatic N) is 1. The van der Waals surface area contributed by atoms with Gasteiger partial charge in [-0.2, -0.15) is 0 Å². The van der Waals surface area contributed by atoms with Crippen LogP contribution in [0, 0.1) is 0 Å². The standard InChI is InChI=1S/C5H10N2O/c1-4-2-3-8-5(6)7-4/h4H,2-3H2,1H3,(H2,6,7). The van der Waals surface area contributed by atoms with Crippen LogP contribution in [0.3, 0.4) is 0 Å². The minimum absolute atomic E-state index is 0.337. The molecule has 1 rings (SSSR count). The van der Waals surface area contributed by atoms with Gasteiger partial charge in [-0.25, -0.2) is 4.99 Å². The average Bonchev–Trinajstić information content (AvgIpc) is 1.64. The van der Waals surface area contributed by atoms with Crippen LogP contribution in [0.5, 0.6) is 0 Å². The first-order valence-electron chi connectivity index (χ1n) is 2.75. The molecule has 0 saturated carbocycles. The minimum Gasteiger partial charge on any atom is -0.465 e. The normalized spacial score (nSPS) is 28.6. The maximum absolute atomic E-state index is 5.25. The topological polar surface area (TPSA) is 47.6 Å². The van der Waals surface area contributed by atoms with Crippen molar-refractivity contribution in [1.82, 2.24) is 0 Å². The van der Waals surface area contributed by atoms with Crippen molar-refractivity contribution in [2.24, 2.45) is 10.7 Å². The Balaban J connectivity index is 2.50. The fourth-order valence-electron chi connectivity index (χ4n) is 0.653. The number of ether oxygens (including phenoxy) is 1. The van der Waals surface area contributed by atoms with E-state index < -0.39 is 0 Å². The predicted molar refractivity (Wildman–Crippen MR) is 31.7 cm³/mol. The summed E-state index contributed by atoms with van der Waals surface area (Å²) in [5.74, 6) is 0. The van der Waals surface area contributed by atoms with Gasteiger partial charge in [0.2, 0.25) is 0 Å². The van der Waals surface area contributed by atoms with E-state index in [1.54, 1.807) is 0 Å². The summed E-state index contributed by atoms with van der Waals surface area (Å²) < 4.78 is 4.88. The molecule has 1 unspecified atom stereocenters. The van der Waals surface area contributed by atoms with Gasteiger partial charge in [0.05, 0.1) is 12.6 Å². The van der Waals surface area contributed by atoms with Crippen LogP contribution in [0.1, 0.15) is 13.3 Å². The Hall–Kier alpha value is -0.730. The Morgan fingerprint density at radius 2 is 2.62 bits per heavy atom. The van der Waals surface area contributed by atoms with Crippen LogP contribution in [-0.4, -0.2) is 18.7 Å². The fourth-order valence-corrected chi connectivity index (χ4v) is 0.653. The fraction of sp³-hybridized carbons (Fsp3) is 0.800. The van der Waals surface area contributed by atoms with Crippen LogP contribution in [0.25, 0.3) is 0 Å². The van der Waals surface area contributed by atoms with Crippen molar-refractivity contribution >= 4 is 6.02 Å². The zero-order valence-electron chi connectivity index (χ0n) is 4.92. The third-order valence-electron chi connectivity index (χ3n) is 1.13. The molecule has 0 aromatic heterocycles. The van der Waals surface area contributed by atoms with E-state index >= 15 is 0 Å². The molecule has 0 bridgehead atoms. The average molecular weight is 114 g/mol. The summed E-state index contributed by atoms with van der Waals surface area (Å²) in [6.07, 6.45) is 0.987. The molecule has 8 heavy (non-hydrogen) atoms. The molecule has 3 heteroatoms. The molecule has 0 aromatic rings. The highest BCUT2D eigenvalue weighted by Crippen LogP contribution is 2.02. The van der Waals surface area contributed by atoms with Gasteiger partial charge in [0.25, 0.3) is 6.02 Å². The Kier molecular flexibility index (Phi) is 1.37. The molecule has 0 radical (unpaired) electrons. The molecule has 1 heterocycles. The van der Waals surface area contributed by atoms with Gasteiger partial charge in [-0.15, -0.1) is 0 Å². The van der Waals surface area contributed by atoms with E-state index in [2.05, 4.69) is 4.99 Å². The number of nitrogens with two attached hydrogens (primary N) is 1. The molecule has 0 aromatic carbocycles. The van der Waals surface area contributed by atoms with E-state index in [-0.39, 0.29) is 0 Å². The monoisotopic (exact) mass is 114 g/mol. The van der Waals surface area contributed by atoms with Crippen LogP contribution in [0.2, 0.25) is 0 Å². The largest absolute Gasteiger partial charge is 0.465 e. The SMILES string of the molecule is CC1CCOC(N)=N1. The molecule has 1 atom stereocenters. The van der Waals surface area contributed by atoms with Gasteiger partial charge in [0, 0.05) is 6.42 Å². The molecule has 1 aliphatic heterocycles. The van der Waals surface area contributed by atoms with Gasteiger partial charge in [0.15, 0.2) is 0 Å². The Morgan fingerprint density at radius 1 is 1.88 bits per heavy atom. The van der Waals surface area contributed by atoms with Crippen LogP contribution < -0.4 is 5.73 Å². The first-order valence-corrected chi connectivity index (χ1v) is 2.75. The quantitative estimate of drug-likeness (QED) is 0.486. The molecular weight excluding hydrogens is 104 g/mol. The molecule has 1 aliphatic rings. The highest BCUT2D eigenvalue weighted by atomic mass is 16.5. The Labute approximate surface area is 48.5 Å². The van der Waals surface area contributed by atoms with Crippen molar-refractivity contribution < 1.29 is 4.74 Å². The summed E-state index contributed by atoms with van der Waals surface area (Å²) in [6, 6.07) is 0.688. The third-order valence-corrected chi connectivity index (χ3v) is 1.13. The number of amidine groups is 1. The first-order chi connectivity index (χ1) is 3.79. The summed E-state index contributed by atoms with van der Waals surface area (Å²) in [4.78, 5) is 3.95. The summed E-state index contributed by atoms with van der Waals surface area (Å²) in [6.45, 7) is 2.74. The Bertz CT molecular complexity index is 111. The lowest BCUT2D eigenvalue weighted by atomic mass is 10.2. The second-order valence-electron chi connectivity index (χ2n) is 1.95. The first kappa shape index (κ1) is 5.41. The van der Waals surface area contributed by atoms with E-state index in [0.29, 0.717) is 12.1 Å². The zero-order chi connectivity index (χ0) is 5.98. The maximum atomic E-state index is 5.25. The van der Waals surface area contributed by atoms with Gasteiger partial charge in [0.1, 0.15) is 0 Å². The van der Waals surface area contributed by atoms with E-state index in [1.165, 1.54) is 0 Å². The van der Waals surface area contributed by atoms with Gasteiger partial charge < -0.3 is 10.5 Å². The number of rotatable bonds is 0. The van der Waals surface area contributed by atoms with Gasteiger partial charge in [-0.1, -0.05) is 0 Å². The minimum atomic E-state index is 0.337. The van der Waals surface area contributed by atoms with Crippen molar-refractivity contribution in [1.29, 1.82) is 0 Å². The molecular formula is C5H10N2O. The van der Waals surface area contributed by atoms with Crippen LogP contribution >= 0.6 is 0 Å². The van der Waals surface area contributed by atoms with Crippen LogP contribution in [0.15, 0.2) is 4.99 Å². The van der Waals surface area contributed by atoms with Gasteiger partial charge in [-0.05, 0) is 6.92 Å². The van der Waals surface area contributed by atoms with Gasteiger partial charge >= 0.3 is 0 Å². The lowest BCUT2D eigenvalue weighted by Crippen LogP contribution is -2.25. The van der Waals surface area contributed by atoms with E-state index in [4.69, 9.17) is 10.5 Å². The number of hydrogen-bond acceptors (Lipinski definition) is 3. The van der Waals surface area contributed by atoms with Crippen LogP contribution in [-0.2, 0) is 4.74 Å². The van der Waals surface area contributed by atoms with Crippen molar-refractivity contribution in [2.75, 3.05) is 6.61 Å². The number of hydrogen-bond donors (Lipinski definition) is 1. The molecule has 2 N–H and O–H groups in total. The molecule has 0 saturated heterocycles. The molecule has 0 amide bonds. The van der Waals surface area contributed by atoms with E-state index in [0.717, 1.165) is 13.0 Å². The summed E-state index contributed by atoms with van der Waals surface area (Å²) in [7, 11) is 0. The van der Waals surface area contributed by atoms with Gasteiger partial charge in [-0.3, -0.25) is 0 Å². The molecule has 0 fully saturated rings. The van der Waals surface area contributed by atoms with Crippen molar-refractivity contribution in [3.63, 3.8) is 0 Å². The smallest absolute Gasteiger partial charge is 0.282 e. The highest BCUT2D eigenvalue weighted by molar-refractivity contribution is 5.71. The molecule has 0 aliphatic carbocycles. The molecule has 0 spiro atoms. The summed E-state index contributed by atoms with van der Waals surface area (Å²) in [5, 5.41) is 0. The van der Waals surface area contributed by atoms with E-state index in [1.807, 2.05) is 6.92 Å². The van der Waals surface area contributed by atoms with Crippen molar-refractivity contribution in [3.8, 4) is 0 Å². The predicted octanol–water partition coefficient (Wildman–Crippen LogP) is 0.110.